The van der Waals surface area contributed by atoms with Crippen molar-refractivity contribution >= 4 is 5.91 Å². The maximum atomic E-state index is 11.2. The number of carbonyl (C=O) groups excluding carboxylic acids is 1. The molecule has 1 aliphatic rings. The van der Waals surface area contributed by atoms with Gasteiger partial charge in [-0.25, -0.2) is 0 Å². The Hall–Kier alpha value is -1.37. The fourth-order valence-electron chi connectivity index (χ4n) is 2.04. The third kappa shape index (κ3) is 5.48. The first-order valence-corrected chi connectivity index (χ1v) is 5.89. The van der Waals surface area contributed by atoms with E-state index in [2.05, 4.69) is 10.2 Å². The van der Waals surface area contributed by atoms with Gasteiger partial charge in [0.25, 0.3) is 5.09 Å². The Morgan fingerprint density at radius 2 is 2.06 bits per heavy atom. The highest BCUT2D eigenvalue weighted by atomic mass is 17.0. The average molecular weight is 245 g/mol. The third-order valence-electron chi connectivity index (χ3n) is 2.99. The van der Waals surface area contributed by atoms with E-state index in [4.69, 9.17) is 5.73 Å². The number of hydrogen-bond donors (Lipinski definition) is 2. The van der Waals surface area contributed by atoms with Gasteiger partial charge >= 0.3 is 0 Å². The average Bonchev–Trinajstić information content (AvgIpc) is 2.28. The van der Waals surface area contributed by atoms with Crippen molar-refractivity contribution in [3.63, 3.8) is 0 Å². The van der Waals surface area contributed by atoms with Gasteiger partial charge in [-0.1, -0.05) is 0 Å². The molecular formula is C10H19N3O4. The summed E-state index contributed by atoms with van der Waals surface area (Å²) < 4.78 is 0. The molecule has 1 fully saturated rings. The van der Waals surface area contributed by atoms with Crippen LogP contribution in [0.1, 0.15) is 32.1 Å². The monoisotopic (exact) mass is 245 g/mol. The maximum absolute atomic E-state index is 11.2. The highest BCUT2D eigenvalue weighted by molar-refractivity contribution is 5.75. The van der Waals surface area contributed by atoms with Crippen LogP contribution in [0.5, 0.6) is 0 Å². The molecule has 0 spiro atoms. The summed E-state index contributed by atoms with van der Waals surface area (Å²) in [6.45, 7) is 0.985. The molecule has 0 aromatic heterocycles. The minimum absolute atomic E-state index is 0.0313. The van der Waals surface area contributed by atoms with Crippen molar-refractivity contribution in [1.29, 1.82) is 0 Å². The Balaban J connectivity index is 2.14. The summed E-state index contributed by atoms with van der Waals surface area (Å²) >= 11 is 0. The molecule has 7 heteroatoms. The van der Waals surface area contributed by atoms with E-state index < -0.39 is 5.09 Å². The van der Waals surface area contributed by atoms with Crippen molar-refractivity contribution in [3.8, 4) is 0 Å². The van der Waals surface area contributed by atoms with Crippen LogP contribution in [-0.4, -0.2) is 30.2 Å². The molecule has 98 valence electrons. The zero-order valence-electron chi connectivity index (χ0n) is 9.76. The number of nitrogens with one attached hydrogen (secondary N) is 1. The van der Waals surface area contributed by atoms with Gasteiger partial charge in [0, 0.05) is 19.5 Å². The number of rotatable bonds is 6. The molecule has 0 atom stereocenters. The van der Waals surface area contributed by atoms with E-state index in [-0.39, 0.29) is 12.0 Å². The predicted molar refractivity (Wildman–Crippen MR) is 60.5 cm³/mol. The van der Waals surface area contributed by atoms with Crippen LogP contribution in [0.4, 0.5) is 0 Å². The molecule has 1 amide bonds. The summed E-state index contributed by atoms with van der Waals surface area (Å²) in [6.07, 6.45) is 3.13. The van der Waals surface area contributed by atoms with Crippen molar-refractivity contribution in [3.05, 3.63) is 10.1 Å². The lowest BCUT2D eigenvalue weighted by atomic mass is 9.87. The lowest BCUT2D eigenvalue weighted by Crippen LogP contribution is -2.33. The summed E-state index contributed by atoms with van der Waals surface area (Å²) in [5.74, 6) is 0.361. The summed E-state index contributed by atoms with van der Waals surface area (Å²) in [5, 5.41) is 12.2. The van der Waals surface area contributed by atoms with Crippen molar-refractivity contribution < 1.29 is 14.7 Å². The first kappa shape index (κ1) is 13.7. The van der Waals surface area contributed by atoms with Crippen molar-refractivity contribution in [2.24, 2.45) is 11.7 Å². The molecule has 7 nitrogen and oxygen atoms in total. The van der Waals surface area contributed by atoms with Crippen LogP contribution in [0.2, 0.25) is 0 Å². The Morgan fingerprint density at radius 1 is 1.41 bits per heavy atom. The molecule has 1 saturated carbocycles. The third-order valence-corrected chi connectivity index (χ3v) is 2.99. The second-order valence-electron chi connectivity index (χ2n) is 4.31. The first-order chi connectivity index (χ1) is 8.11. The Bertz CT molecular complexity index is 264. The summed E-state index contributed by atoms with van der Waals surface area (Å²) in [7, 11) is 0. The van der Waals surface area contributed by atoms with Gasteiger partial charge in [0.1, 0.15) is 6.10 Å². The number of amides is 1. The summed E-state index contributed by atoms with van der Waals surface area (Å²) in [4.78, 5) is 25.9. The van der Waals surface area contributed by atoms with E-state index in [1.165, 1.54) is 0 Å². The lowest BCUT2D eigenvalue weighted by molar-refractivity contribution is -0.769. The quantitative estimate of drug-likeness (QED) is 0.514. The van der Waals surface area contributed by atoms with Crippen LogP contribution in [0.15, 0.2) is 0 Å². The Labute approximate surface area is 99.8 Å². The van der Waals surface area contributed by atoms with Crippen molar-refractivity contribution in [2.45, 2.75) is 38.2 Å². The first-order valence-electron chi connectivity index (χ1n) is 5.89. The van der Waals surface area contributed by atoms with Gasteiger partial charge in [0.05, 0.1) is 0 Å². The number of carbonyl (C=O) groups is 1. The minimum atomic E-state index is -0.728. The minimum Gasteiger partial charge on any atom is -0.356 e. The van der Waals surface area contributed by atoms with Crippen LogP contribution in [0.25, 0.3) is 0 Å². The number of nitrogens with zero attached hydrogens (tertiary/aromatic N) is 1. The van der Waals surface area contributed by atoms with E-state index in [1.807, 2.05) is 0 Å². The van der Waals surface area contributed by atoms with Gasteiger partial charge in [0.15, 0.2) is 0 Å². The molecule has 17 heavy (non-hydrogen) atoms. The second kappa shape index (κ2) is 7.05. The molecular weight excluding hydrogens is 226 g/mol. The zero-order chi connectivity index (χ0) is 12.7. The molecule has 3 N–H and O–H groups in total. The zero-order valence-corrected chi connectivity index (χ0v) is 9.76. The molecule has 0 heterocycles. The normalized spacial score (nSPS) is 24.1. The van der Waals surface area contributed by atoms with E-state index in [0.29, 0.717) is 38.3 Å². The van der Waals surface area contributed by atoms with E-state index >= 15 is 0 Å². The van der Waals surface area contributed by atoms with Crippen molar-refractivity contribution in [1.82, 2.24) is 5.32 Å². The van der Waals surface area contributed by atoms with E-state index in [0.717, 1.165) is 12.8 Å². The largest absolute Gasteiger partial charge is 0.356 e. The van der Waals surface area contributed by atoms with E-state index in [1.54, 1.807) is 0 Å². The topological polar surface area (TPSA) is 107 Å². The maximum Gasteiger partial charge on any atom is 0.294 e. The van der Waals surface area contributed by atoms with E-state index in [9.17, 15) is 14.9 Å². The Morgan fingerprint density at radius 3 is 2.59 bits per heavy atom. The highest BCUT2D eigenvalue weighted by Crippen LogP contribution is 2.25. The molecule has 1 rings (SSSR count). The van der Waals surface area contributed by atoms with Crippen LogP contribution >= 0.6 is 0 Å². The molecule has 0 saturated heterocycles. The van der Waals surface area contributed by atoms with Gasteiger partial charge in [0.2, 0.25) is 5.91 Å². The number of nitrogens with two attached hydrogens (primary N) is 1. The molecule has 0 unspecified atom stereocenters. The van der Waals surface area contributed by atoms with Crippen LogP contribution in [0, 0.1) is 16.0 Å². The predicted octanol–water partition coefficient (Wildman–Crippen LogP) is 0.219. The van der Waals surface area contributed by atoms with Crippen LogP contribution in [-0.2, 0) is 9.63 Å². The van der Waals surface area contributed by atoms with Crippen molar-refractivity contribution in [2.75, 3.05) is 13.1 Å². The number of hydrogen-bond acceptors (Lipinski definition) is 5. The molecule has 0 radical (unpaired) electrons. The van der Waals surface area contributed by atoms with Gasteiger partial charge in [-0.2, -0.15) is 0 Å². The highest BCUT2D eigenvalue weighted by Gasteiger charge is 2.23. The molecule has 0 aliphatic heterocycles. The lowest BCUT2D eigenvalue weighted by Gasteiger charge is -2.27. The van der Waals surface area contributed by atoms with Gasteiger partial charge in [-0.15, -0.1) is 10.1 Å². The van der Waals surface area contributed by atoms with Gasteiger partial charge in [-0.05, 0) is 31.6 Å². The Kier molecular flexibility index (Phi) is 5.68. The molecule has 0 aromatic carbocycles. The molecule has 1 aliphatic carbocycles. The summed E-state index contributed by atoms with van der Waals surface area (Å²) in [5.41, 5.74) is 5.26. The van der Waals surface area contributed by atoms with Gasteiger partial charge < -0.3 is 15.9 Å². The molecule has 0 bridgehead atoms. The van der Waals surface area contributed by atoms with Crippen LogP contribution < -0.4 is 11.1 Å². The second-order valence-corrected chi connectivity index (χ2v) is 4.31. The fourth-order valence-corrected chi connectivity index (χ4v) is 2.04. The van der Waals surface area contributed by atoms with Crippen LogP contribution in [0.3, 0.4) is 0 Å². The summed E-state index contributed by atoms with van der Waals surface area (Å²) in [6, 6.07) is 0. The fraction of sp³-hybridized carbons (Fsp3) is 0.900. The SMILES string of the molecule is NCCC(=O)NC[C@H]1CC[C@H](O[N+](=O)[O-])CC1. The standard InChI is InChI=1S/C10H19N3O4/c11-6-5-10(14)12-7-8-1-3-9(4-2-8)17-13(15)16/h8-9H,1-7,11H2,(H,12,14)/t8-,9-. The molecule has 0 aromatic rings. The smallest absolute Gasteiger partial charge is 0.294 e. The van der Waals surface area contributed by atoms with Gasteiger partial charge in [-0.3, -0.25) is 4.79 Å².